The summed E-state index contributed by atoms with van der Waals surface area (Å²) < 4.78 is 2.13. The largest absolute Gasteiger partial charge is 0.368 e. The molecule has 0 radical (unpaired) electrons. The van der Waals surface area contributed by atoms with Crippen molar-refractivity contribution in [3.8, 4) is 0 Å². The van der Waals surface area contributed by atoms with E-state index in [1.807, 2.05) is 32.3 Å². The molecule has 2 heterocycles. The van der Waals surface area contributed by atoms with Gasteiger partial charge < -0.3 is 15.6 Å². The van der Waals surface area contributed by atoms with E-state index in [1.54, 1.807) is 0 Å². The van der Waals surface area contributed by atoms with Gasteiger partial charge in [0.1, 0.15) is 11.6 Å². The molecule has 0 bridgehead atoms. The molecule has 6 heteroatoms. The third kappa shape index (κ3) is 3.85. The molecule has 0 atom stereocenters. The topological polar surface area (TPSA) is 81.7 Å². The van der Waals surface area contributed by atoms with Gasteiger partial charge in [-0.25, -0.2) is 9.97 Å². The van der Waals surface area contributed by atoms with Gasteiger partial charge in [0.05, 0.1) is 0 Å². The summed E-state index contributed by atoms with van der Waals surface area (Å²) in [6.07, 6.45) is 3.81. The monoisotopic (exact) mass is 308 g/mol. The number of rotatable bonds is 5. The van der Waals surface area contributed by atoms with Gasteiger partial charge in [-0.1, -0.05) is 24.3 Å². The summed E-state index contributed by atoms with van der Waals surface area (Å²) in [6, 6.07) is 10.3. The molecule has 0 aliphatic carbocycles. The Kier molecular flexibility index (Phi) is 4.23. The van der Waals surface area contributed by atoms with E-state index in [9.17, 15) is 0 Å². The smallest absolute Gasteiger partial charge is 0.222 e. The minimum absolute atomic E-state index is 0.289. The van der Waals surface area contributed by atoms with Crippen LogP contribution in [0, 0.1) is 13.8 Å². The summed E-state index contributed by atoms with van der Waals surface area (Å²) >= 11 is 0. The molecule has 0 spiro atoms. The Morgan fingerprint density at radius 1 is 1.13 bits per heavy atom. The molecule has 0 fully saturated rings. The molecule has 0 unspecified atom stereocenters. The van der Waals surface area contributed by atoms with Crippen molar-refractivity contribution in [2.45, 2.75) is 26.9 Å². The minimum Gasteiger partial charge on any atom is -0.368 e. The molecular weight excluding hydrogens is 288 g/mol. The van der Waals surface area contributed by atoms with Crippen LogP contribution < -0.4 is 11.1 Å². The van der Waals surface area contributed by atoms with E-state index in [-0.39, 0.29) is 5.95 Å². The van der Waals surface area contributed by atoms with Gasteiger partial charge in [-0.15, -0.1) is 0 Å². The zero-order chi connectivity index (χ0) is 16.2. The molecule has 6 nitrogen and oxygen atoms in total. The molecule has 1 aromatic carbocycles. The van der Waals surface area contributed by atoms with E-state index in [0.717, 1.165) is 23.9 Å². The summed E-state index contributed by atoms with van der Waals surface area (Å²) in [4.78, 5) is 12.5. The lowest BCUT2D eigenvalue weighted by atomic mass is 10.1. The van der Waals surface area contributed by atoms with Gasteiger partial charge >= 0.3 is 0 Å². The van der Waals surface area contributed by atoms with Gasteiger partial charge in [0.2, 0.25) is 5.95 Å². The van der Waals surface area contributed by atoms with E-state index in [0.29, 0.717) is 6.54 Å². The summed E-state index contributed by atoms with van der Waals surface area (Å²) in [5.74, 6) is 2.04. The highest BCUT2D eigenvalue weighted by Crippen LogP contribution is 2.12. The van der Waals surface area contributed by atoms with Gasteiger partial charge in [0.15, 0.2) is 0 Å². The number of hydrogen-bond donors (Lipinski definition) is 2. The van der Waals surface area contributed by atoms with Gasteiger partial charge in [-0.3, -0.25) is 0 Å². The van der Waals surface area contributed by atoms with Gasteiger partial charge in [-0.05, 0) is 25.0 Å². The van der Waals surface area contributed by atoms with Gasteiger partial charge in [0.25, 0.3) is 0 Å². The van der Waals surface area contributed by atoms with Gasteiger partial charge in [0, 0.05) is 37.2 Å². The maximum Gasteiger partial charge on any atom is 0.222 e. The Hall–Kier alpha value is -2.89. The number of nitrogen functional groups attached to an aromatic ring is 1. The normalized spacial score (nSPS) is 10.7. The second-order valence-electron chi connectivity index (χ2n) is 5.53. The highest BCUT2D eigenvalue weighted by atomic mass is 15.1. The fourth-order valence-electron chi connectivity index (χ4n) is 2.48. The molecule has 3 aromatic rings. The van der Waals surface area contributed by atoms with Crippen molar-refractivity contribution >= 4 is 11.8 Å². The molecule has 3 N–H and O–H groups in total. The van der Waals surface area contributed by atoms with Crippen LogP contribution in [0.3, 0.4) is 0 Å². The summed E-state index contributed by atoms with van der Waals surface area (Å²) in [5, 5.41) is 3.29. The summed E-state index contributed by atoms with van der Waals surface area (Å²) in [5.41, 5.74) is 8.95. The summed E-state index contributed by atoms with van der Waals surface area (Å²) in [7, 11) is 0. The first-order valence-corrected chi connectivity index (χ1v) is 7.51. The molecular formula is C17H20N6. The maximum atomic E-state index is 5.67. The van der Waals surface area contributed by atoms with Crippen LogP contribution in [0.1, 0.15) is 22.6 Å². The minimum atomic E-state index is 0.289. The first kappa shape index (κ1) is 15.0. The molecule has 3 rings (SSSR count). The Bertz CT molecular complexity index is 788. The SMILES string of the molecule is Cc1cc(NCc2cccc(Cn3ccnc3C)c2)nc(N)n1. The van der Waals surface area contributed by atoms with E-state index >= 15 is 0 Å². The first-order valence-electron chi connectivity index (χ1n) is 7.51. The fourth-order valence-corrected chi connectivity index (χ4v) is 2.48. The second kappa shape index (κ2) is 6.48. The van der Waals surface area contributed by atoms with Crippen molar-refractivity contribution in [3.05, 3.63) is 65.4 Å². The van der Waals surface area contributed by atoms with Crippen LogP contribution in [-0.4, -0.2) is 19.5 Å². The van der Waals surface area contributed by atoms with Crippen molar-refractivity contribution in [2.75, 3.05) is 11.1 Å². The van der Waals surface area contributed by atoms with Crippen LogP contribution in [0.15, 0.2) is 42.7 Å². The van der Waals surface area contributed by atoms with Gasteiger partial charge in [-0.2, -0.15) is 4.98 Å². The lowest BCUT2D eigenvalue weighted by Crippen LogP contribution is -2.06. The van der Waals surface area contributed by atoms with Crippen molar-refractivity contribution in [2.24, 2.45) is 0 Å². The highest BCUT2D eigenvalue weighted by Gasteiger charge is 2.02. The fraction of sp³-hybridized carbons (Fsp3) is 0.235. The summed E-state index contributed by atoms with van der Waals surface area (Å²) in [6.45, 7) is 5.41. The first-order chi connectivity index (χ1) is 11.1. The third-order valence-corrected chi connectivity index (χ3v) is 3.61. The van der Waals surface area contributed by atoms with E-state index in [1.165, 1.54) is 11.1 Å². The van der Waals surface area contributed by atoms with Crippen LogP contribution in [0.2, 0.25) is 0 Å². The Balaban J connectivity index is 1.69. The number of hydrogen-bond acceptors (Lipinski definition) is 5. The second-order valence-corrected chi connectivity index (χ2v) is 5.53. The Morgan fingerprint density at radius 3 is 2.70 bits per heavy atom. The average molecular weight is 308 g/mol. The van der Waals surface area contributed by atoms with Crippen molar-refractivity contribution in [1.82, 2.24) is 19.5 Å². The zero-order valence-corrected chi connectivity index (χ0v) is 13.3. The average Bonchev–Trinajstić information content (AvgIpc) is 2.90. The number of imidazole rings is 1. The number of aryl methyl sites for hydroxylation is 2. The number of nitrogens with one attached hydrogen (secondary N) is 1. The van der Waals surface area contributed by atoms with Crippen molar-refractivity contribution in [3.63, 3.8) is 0 Å². The molecule has 118 valence electrons. The molecule has 0 aliphatic heterocycles. The maximum absolute atomic E-state index is 5.67. The van der Waals surface area contributed by atoms with E-state index in [2.05, 4.69) is 49.1 Å². The highest BCUT2D eigenvalue weighted by molar-refractivity contribution is 5.41. The number of benzene rings is 1. The quantitative estimate of drug-likeness (QED) is 0.757. The third-order valence-electron chi connectivity index (χ3n) is 3.61. The molecule has 2 aromatic heterocycles. The number of nitrogens with zero attached hydrogens (tertiary/aromatic N) is 4. The van der Waals surface area contributed by atoms with E-state index in [4.69, 9.17) is 5.73 Å². The lowest BCUT2D eigenvalue weighted by Gasteiger charge is -2.10. The molecule has 0 saturated heterocycles. The van der Waals surface area contributed by atoms with Crippen LogP contribution in [0.25, 0.3) is 0 Å². The number of nitrogens with two attached hydrogens (primary N) is 1. The Labute approximate surface area is 135 Å². The lowest BCUT2D eigenvalue weighted by molar-refractivity contribution is 0.760. The van der Waals surface area contributed by atoms with Crippen molar-refractivity contribution in [1.29, 1.82) is 0 Å². The predicted molar refractivity (Wildman–Crippen MR) is 91.0 cm³/mol. The molecule has 0 saturated carbocycles. The standard InChI is InChI=1S/C17H20N6/c1-12-8-16(22-17(18)21-12)20-10-14-4-3-5-15(9-14)11-23-7-6-19-13(23)2/h3-9H,10-11H2,1-2H3,(H3,18,20,21,22). The zero-order valence-electron chi connectivity index (χ0n) is 13.3. The van der Waals surface area contributed by atoms with E-state index < -0.39 is 0 Å². The molecule has 23 heavy (non-hydrogen) atoms. The van der Waals surface area contributed by atoms with Crippen LogP contribution in [-0.2, 0) is 13.1 Å². The number of aromatic nitrogens is 4. The number of anilines is 2. The molecule has 0 aliphatic rings. The Morgan fingerprint density at radius 2 is 1.96 bits per heavy atom. The van der Waals surface area contributed by atoms with Crippen molar-refractivity contribution < 1.29 is 0 Å². The van der Waals surface area contributed by atoms with Crippen LogP contribution in [0.5, 0.6) is 0 Å². The predicted octanol–water partition coefficient (Wildman–Crippen LogP) is 2.53. The molecule has 0 amide bonds. The van der Waals surface area contributed by atoms with Crippen LogP contribution in [0.4, 0.5) is 11.8 Å². The van der Waals surface area contributed by atoms with Crippen LogP contribution >= 0.6 is 0 Å².